The van der Waals surface area contributed by atoms with Crippen LogP contribution in [0.4, 0.5) is 10.1 Å². The Morgan fingerprint density at radius 2 is 1.65 bits per heavy atom. The number of fused-ring (bicyclic) bond motifs is 1. The summed E-state index contributed by atoms with van der Waals surface area (Å²) in [5.74, 6) is 0.289. The highest BCUT2D eigenvalue weighted by Gasteiger charge is 2.43. The highest BCUT2D eigenvalue weighted by Crippen LogP contribution is 2.42. The number of hydrogen-bond donors (Lipinski definition) is 0. The highest BCUT2D eigenvalue weighted by atomic mass is 32.2. The summed E-state index contributed by atoms with van der Waals surface area (Å²) in [7, 11) is -2.23. The van der Waals surface area contributed by atoms with Crippen LogP contribution in [-0.2, 0) is 10.0 Å². The average molecular weight is 373 g/mol. The van der Waals surface area contributed by atoms with E-state index in [9.17, 15) is 12.8 Å². The molecule has 6 nitrogen and oxygen atoms in total. The number of nitrogens with zero attached hydrogens (tertiary/aromatic N) is 3. The van der Waals surface area contributed by atoms with Gasteiger partial charge in [-0.15, -0.1) is 0 Å². The number of ether oxygens (including phenoxy) is 1. The molecule has 134 valence electrons. The maximum Gasteiger partial charge on any atom is 0.284 e. The SMILES string of the molecule is COc1ccc(-n2cc3c(n2)S(=O)(=O)N(c2ccc(F)cc2)C3C)cc1. The van der Waals surface area contributed by atoms with Gasteiger partial charge in [0.2, 0.25) is 5.03 Å². The van der Waals surface area contributed by atoms with Crippen molar-refractivity contribution in [2.75, 3.05) is 11.4 Å². The molecule has 1 unspecified atom stereocenters. The molecular formula is C18H16FN3O3S. The van der Waals surface area contributed by atoms with Crippen molar-refractivity contribution in [3.05, 3.63) is 66.1 Å². The second kappa shape index (κ2) is 5.84. The van der Waals surface area contributed by atoms with E-state index in [1.54, 1.807) is 49.2 Å². The van der Waals surface area contributed by atoms with Crippen LogP contribution < -0.4 is 9.04 Å². The van der Waals surface area contributed by atoms with Crippen LogP contribution in [0.1, 0.15) is 18.5 Å². The molecule has 2 aromatic carbocycles. The van der Waals surface area contributed by atoms with Gasteiger partial charge in [-0.3, -0.25) is 4.31 Å². The molecule has 0 N–H and O–H groups in total. The molecule has 0 radical (unpaired) electrons. The number of aromatic nitrogens is 2. The lowest BCUT2D eigenvalue weighted by molar-refractivity contribution is 0.414. The van der Waals surface area contributed by atoms with Crippen molar-refractivity contribution in [2.24, 2.45) is 0 Å². The molecule has 1 aromatic heterocycles. The van der Waals surface area contributed by atoms with E-state index in [0.717, 1.165) is 5.69 Å². The number of rotatable bonds is 3. The molecular weight excluding hydrogens is 357 g/mol. The normalized spacial score (nSPS) is 18.0. The van der Waals surface area contributed by atoms with E-state index in [1.807, 2.05) is 0 Å². The van der Waals surface area contributed by atoms with E-state index in [-0.39, 0.29) is 5.03 Å². The van der Waals surface area contributed by atoms with Crippen molar-refractivity contribution < 1.29 is 17.5 Å². The second-order valence-electron chi connectivity index (χ2n) is 5.99. The van der Waals surface area contributed by atoms with Crippen LogP contribution in [0.15, 0.2) is 59.8 Å². The van der Waals surface area contributed by atoms with E-state index in [4.69, 9.17) is 4.74 Å². The summed E-state index contributed by atoms with van der Waals surface area (Å²) in [4.78, 5) is 0. The Balaban J connectivity index is 1.75. The Labute approximate surface area is 150 Å². The quantitative estimate of drug-likeness (QED) is 0.707. The zero-order valence-electron chi connectivity index (χ0n) is 14.1. The lowest BCUT2D eigenvalue weighted by Gasteiger charge is -2.22. The molecule has 1 aliphatic rings. The molecule has 0 saturated heterocycles. The third kappa shape index (κ3) is 2.45. The number of sulfonamides is 1. The molecule has 8 heteroatoms. The Hall–Kier alpha value is -2.87. The summed E-state index contributed by atoms with van der Waals surface area (Å²) >= 11 is 0. The third-order valence-electron chi connectivity index (χ3n) is 4.43. The largest absolute Gasteiger partial charge is 0.497 e. The van der Waals surface area contributed by atoms with Crippen LogP contribution >= 0.6 is 0 Å². The van der Waals surface area contributed by atoms with Gasteiger partial charge in [0.05, 0.1) is 24.5 Å². The van der Waals surface area contributed by atoms with E-state index < -0.39 is 21.9 Å². The lowest BCUT2D eigenvalue weighted by atomic mass is 10.2. The minimum Gasteiger partial charge on any atom is -0.497 e. The fourth-order valence-electron chi connectivity index (χ4n) is 3.10. The van der Waals surface area contributed by atoms with Gasteiger partial charge >= 0.3 is 0 Å². The van der Waals surface area contributed by atoms with E-state index in [2.05, 4.69) is 5.10 Å². The van der Waals surface area contributed by atoms with Crippen LogP contribution in [0, 0.1) is 5.82 Å². The van der Waals surface area contributed by atoms with Gasteiger partial charge in [-0.25, -0.2) is 9.07 Å². The molecule has 0 spiro atoms. The minimum absolute atomic E-state index is 0.0187. The predicted octanol–water partition coefficient (Wildman–Crippen LogP) is 3.29. The molecule has 26 heavy (non-hydrogen) atoms. The van der Waals surface area contributed by atoms with E-state index >= 15 is 0 Å². The molecule has 4 rings (SSSR count). The Kier molecular flexibility index (Phi) is 3.73. The highest BCUT2D eigenvalue weighted by molar-refractivity contribution is 7.93. The standard InChI is InChI=1S/C18H16FN3O3S/c1-12-17-11-21(14-7-9-16(25-2)10-8-14)20-18(17)26(23,24)22(12)15-5-3-13(19)4-6-15/h3-12H,1-2H3. The third-order valence-corrected chi connectivity index (χ3v) is 6.28. The Morgan fingerprint density at radius 1 is 1.04 bits per heavy atom. The first-order valence-corrected chi connectivity index (χ1v) is 9.40. The van der Waals surface area contributed by atoms with Gasteiger partial charge in [-0.2, -0.15) is 13.5 Å². The van der Waals surface area contributed by atoms with Crippen LogP contribution in [0.2, 0.25) is 0 Å². The molecule has 1 aliphatic heterocycles. The molecule has 2 heterocycles. The summed E-state index contributed by atoms with van der Waals surface area (Å²) < 4.78 is 47.0. The average Bonchev–Trinajstić information content (AvgIpc) is 3.16. The number of methoxy groups -OCH3 is 1. The summed E-state index contributed by atoms with van der Waals surface area (Å²) in [5.41, 5.74) is 1.74. The zero-order chi connectivity index (χ0) is 18.5. The summed E-state index contributed by atoms with van der Waals surface area (Å²) in [5, 5.41) is 4.30. The molecule has 3 aromatic rings. The Morgan fingerprint density at radius 3 is 2.23 bits per heavy atom. The smallest absolute Gasteiger partial charge is 0.284 e. The fraction of sp³-hybridized carbons (Fsp3) is 0.167. The number of anilines is 1. The van der Waals surface area contributed by atoms with Crippen molar-refractivity contribution in [2.45, 2.75) is 18.0 Å². The van der Waals surface area contributed by atoms with Gasteiger partial charge in [0.1, 0.15) is 11.6 Å². The van der Waals surface area contributed by atoms with Crippen LogP contribution in [-0.4, -0.2) is 25.3 Å². The van der Waals surface area contributed by atoms with Gasteiger partial charge in [-0.05, 0) is 55.5 Å². The molecule has 0 fully saturated rings. The van der Waals surface area contributed by atoms with Crippen LogP contribution in [0.5, 0.6) is 5.75 Å². The number of benzene rings is 2. The molecule has 0 saturated carbocycles. The van der Waals surface area contributed by atoms with Gasteiger partial charge in [0.25, 0.3) is 10.0 Å². The van der Waals surface area contributed by atoms with E-state index in [0.29, 0.717) is 17.0 Å². The number of hydrogen-bond acceptors (Lipinski definition) is 4. The minimum atomic E-state index is -3.81. The van der Waals surface area contributed by atoms with E-state index in [1.165, 1.54) is 28.6 Å². The van der Waals surface area contributed by atoms with Crippen molar-refractivity contribution in [3.8, 4) is 11.4 Å². The second-order valence-corrected chi connectivity index (χ2v) is 7.72. The maximum atomic E-state index is 13.2. The van der Waals surface area contributed by atoms with Gasteiger partial charge in [0.15, 0.2) is 0 Å². The van der Waals surface area contributed by atoms with Crippen molar-refractivity contribution in [1.29, 1.82) is 0 Å². The fourth-order valence-corrected chi connectivity index (χ4v) is 4.93. The van der Waals surface area contributed by atoms with Gasteiger partial charge < -0.3 is 4.74 Å². The molecule has 0 bridgehead atoms. The van der Waals surface area contributed by atoms with Gasteiger partial charge in [-0.1, -0.05) is 0 Å². The molecule has 1 atom stereocenters. The number of halogens is 1. The first-order chi connectivity index (χ1) is 12.4. The Bertz CT molecular complexity index is 1060. The lowest BCUT2D eigenvalue weighted by Crippen LogP contribution is -2.27. The first kappa shape index (κ1) is 16.6. The predicted molar refractivity (Wildman–Crippen MR) is 94.6 cm³/mol. The van der Waals surface area contributed by atoms with Crippen molar-refractivity contribution in [3.63, 3.8) is 0 Å². The van der Waals surface area contributed by atoms with Crippen LogP contribution in [0.25, 0.3) is 5.69 Å². The zero-order valence-corrected chi connectivity index (χ0v) is 14.9. The topological polar surface area (TPSA) is 64.4 Å². The first-order valence-electron chi connectivity index (χ1n) is 7.96. The van der Waals surface area contributed by atoms with Crippen LogP contribution in [0.3, 0.4) is 0 Å². The molecule has 0 amide bonds. The monoisotopic (exact) mass is 373 g/mol. The maximum absolute atomic E-state index is 13.2. The summed E-state index contributed by atoms with van der Waals surface area (Å²) in [6.45, 7) is 1.78. The van der Waals surface area contributed by atoms with Crippen molar-refractivity contribution in [1.82, 2.24) is 9.78 Å². The summed E-state index contributed by atoms with van der Waals surface area (Å²) in [6, 6.07) is 12.1. The molecule has 0 aliphatic carbocycles. The van der Waals surface area contributed by atoms with Crippen molar-refractivity contribution >= 4 is 15.7 Å². The van der Waals surface area contributed by atoms with Gasteiger partial charge in [0, 0.05) is 11.8 Å². The summed E-state index contributed by atoms with van der Waals surface area (Å²) in [6.07, 6.45) is 1.71.